The number of hydrogen-bond donors (Lipinski definition) is 0. The van der Waals surface area contributed by atoms with E-state index in [1.54, 1.807) is 13.0 Å². The van der Waals surface area contributed by atoms with Gasteiger partial charge < -0.3 is 9.47 Å². The molecule has 0 spiro atoms. The number of carbonyl (C=O) groups excluding carboxylic acids is 1. The van der Waals surface area contributed by atoms with Gasteiger partial charge in [0.2, 0.25) is 0 Å². The average molecular weight is 346 g/mol. The summed E-state index contributed by atoms with van der Waals surface area (Å²) in [6.45, 7) is 3.72. The molecular weight excluding hydrogens is 329 g/mol. The van der Waals surface area contributed by atoms with Crippen LogP contribution in [-0.2, 0) is 20.4 Å². The molecule has 0 saturated carbocycles. The quantitative estimate of drug-likeness (QED) is 0.808. The third-order valence-electron chi connectivity index (χ3n) is 3.20. The largest absolute Gasteiger partial charge is 0.416 e. The van der Waals surface area contributed by atoms with E-state index in [9.17, 15) is 18.0 Å². The first-order valence-electron chi connectivity index (χ1n) is 7.05. The van der Waals surface area contributed by atoms with Crippen molar-refractivity contribution in [1.82, 2.24) is 0 Å². The van der Waals surface area contributed by atoms with Crippen molar-refractivity contribution in [1.29, 1.82) is 0 Å². The number of ether oxygens (including phenoxy) is 2. The van der Waals surface area contributed by atoms with Gasteiger partial charge >= 0.3 is 6.18 Å². The van der Waals surface area contributed by atoms with E-state index in [4.69, 9.17) is 9.47 Å². The highest BCUT2D eigenvalue weighted by Gasteiger charge is 2.30. The van der Waals surface area contributed by atoms with Crippen molar-refractivity contribution >= 4 is 23.0 Å². The van der Waals surface area contributed by atoms with Crippen LogP contribution in [0.4, 0.5) is 13.2 Å². The minimum atomic E-state index is -4.34. The molecule has 23 heavy (non-hydrogen) atoms. The fourth-order valence-corrected chi connectivity index (χ4v) is 2.87. The van der Waals surface area contributed by atoms with Crippen molar-refractivity contribution in [2.24, 2.45) is 0 Å². The molecule has 2 unspecified atom stereocenters. The lowest BCUT2D eigenvalue weighted by Crippen LogP contribution is -2.31. The maximum absolute atomic E-state index is 12.5. The van der Waals surface area contributed by atoms with Crippen LogP contribution < -0.4 is 0 Å². The van der Waals surface area contributed by atoms with E-state index in [2.05, 4.69) is 0 Å². The van der Waals surface area contributed by atoms with Crippen LogP contribution in [0.5, 0.6) is 0 Å². The molecule has 2 rings (SSSR count). The highest BCUT2D eigenvalue weighted by Crippen LogP contribution is 2.30. The van der Waals surface area contributed by atoms with Gasteiger partial charge in [-0.1, -0.05) is 30.0 Å². The Hall–Kier alpha value is -1.31. The maximum atomic E-state index is 12.5. The van der Waals surface area contributed by atoms with Gasteiger partial charge in [0.1, 0.15) is 5.44 Å². The van der Waals surface area contributed by atoms with E-state index >= 15 is 0 Å². The molecule has 0 aliphatic carbocycles. The number of benzene rings is 1. The number of hydrogen-bond acceptors (Lipinski definition) is 4. The van der Waals surface area contributed by atoms with Crippen LogP contribution in [0.1, 0.15) is 31.4 Å². The highest BCUT2D eigenvalue weighted by atomic mass is 32.2. The molecule has 1 saturated heterocycles. The van der Waals surface area contributed by atoms with Gasteiger partial charge in [-0.05, 0) is 30.2 Å². The zero-order valence-electron chi connectivity index (χ0n) is 12.7. The monoisotopic (exact) mass is 346 g/mol. The van der Waals surface area contributed by atoms with Crippen LogP contribution in [0.2, 0.25) is 0 Å². The zero-order chi connectivity index (χ0) is 17.0. The average Bonchev–Trinajstić information content (AvgIpc) is 2.46. The van der Waals surface area contributed by atoms with E-state index < -0.39 is 18.0 Å². The molecule has 3 nitrogen and oxygen atoms in total. The van der Waals surface area contributed by atoms with Crippen LogP contribution in [-0.4, -0.2) is 23.4 Å². The fourth-order valence-electron chi connectivity index (χ4n) is 2.13. The first kappa shape index (κ1) is 18.0. The molecule has 7 heteroatoms. The van der Waals surface area contributed by atoms with Crippen molar-refractivity contribution in [2.45, 2.75) is 38.2 Å². The molecule has 1 aromatic rings. The van der Waals surface area contributed by atoms with Crippen LogP contribution in [0.3, 0.4) is 0 Å². The van der Waals surface area contributed by atoms with Crippen molar-refractivity contribution < 1.29 is 27.4 Å². The van der Waals surface area contributed by atoms with Crippen LogP contribution in [0.15, 0.2) is 29.8 Å². The molecule has 0 bridgehead atoms. The Morgan fingerprint density at radius 3 is 2.48 bits per heavy atom. The summed E-state index contributed by atoms with van der Waals surface area (Å²) in [6, 6.07) is 4.88. The van der Waals surface area contributed by atoms with Crippen molar-refractivity contribution in [3.05, 3.63) is 41.0 Å². The molecule has 2 atom stereocenters. The predicted molar refractivity (Wildman–Crippen MR) is 82.6 cm³/mol. The predicted octanol–water partition coefficient (Wildman–Crippen LogP) is 4.48. The van der Waals surface area contributed by atoms with Crippen molar-refractivity contribution in [3.63, 3.8) is 0 Å². The summed E-state index contributed by atoms with van der Waals surface area (Å²) in [4.78, 5) is 11.1. The van der Waals surface area contributed by atoms with Gasteiger partial charge in [0.25, 0.3) is 0 Å². The van der Waals surface area contributed by atoms with E-state index in [-0.39, 0.29) is 10.6 Å². The third-order valence-corrected chi connectivity index (χ3v) is 4.14. The molecule has 0 radical (unpaired) electrons. The molecule has 0 aromatic heterocycles. The van der Waals surface area contributed by atoms with Gasteiger partial charge in [-0.15, -0.1) is 0 Å². The van der Waals surface area contributed by atoms with Crippen LogP contribution >= 0.6 is 11.8 Å². The van der Waals surface area contributed by atoms with Gasteiger partial charge in [-0.3, -0.25) is 4.79 Å². The molecule has 1 aromatic carbocycles. The zero-order valence-corrected chi connectivity index (χ0v) is 13.5. The minimum Gasteiger partial charge on any atom is -0.349 e. The normalized spacial score (nSPS) is 22.9. The molecule has 0 amide bonds. The summed E-state index contributed by atoms with van der Waals surface area (Å²) in [6.07, 6.45) is -2.60. The lowest BCUT2D eigenvalue weighted by atomic mass is 10.1. The van der Waals surface area contributed by atoms with E-state index in [0.717, 1.165) is 29.5 Å². The number of alkyl halides is 3. The highest BCUT2D eigenvalue weighted by molar-refractivity contribution is 8.13. The van der Waals surface area contributed by atoms with Gasteiger partial charge in [0.05, 0.1) is 12.2 Å². The minimum absolute atomic E-state index is 0.0278. The van der Waals surface area contributed by atoms with E-state index in [0.29, 0.717) is 18.6 Å². The lowest BCUT2D eigenvalue weighted by Gasteiger charge is -2.29. The summed E-state index contributed by atoms with van der Waals surface area (Å²) in [5.41, 5.74) is 0.417. The summed E-state index contributed by atoms with van der Waals surface area (Å²) >= 11 is 1.11. The Bertz CT molecular complexity index is 581. The number of carbonyl (C=O) groups is 1. The number of thioether (sulfide) groups is 1. The lowest BCUT2D eigenvalue weighted by molar-refractivity contribution is -0.166. The number of halogens is 3. The van der Waals surface area contributed by atoms with Gasteiger partial charge in [-0.2, -0.15) is 13.2 Å². The molecule has 1 heterocycles. The SMILES string of the molecule is CC(=O)SC1CCOC(C(C)=Cc2ccc(C(F)(F)F)cc2)O1. The maximum Gasteiger partial charge on any atom is 0.416 e. The Morgan fingerprint density at radius 1 is 1.26 bits per heavy atom. The first-order chi connectivity index (χ1) is 10.8. The van der Waals surface area contributed by atoms with E-state index in [1.807, 2.05) is 0 Å². The first-order valence-corrected chi connectivity index (χ1v) is 7.93. The third kappa shape index (κ3) is 5.37. The van der Waals surface area contributed by atoms with Crippen molar-refractivity contribution in [2.75, 3.05) is 6.61 Å². The topological polar surface area (TPSA) is 35.5 Å². The standard InChI is InChI=1S/C16H17F3O3S/c1-10(15-21-8-7-14(22-15)23-11(2)20)9-12-3-5-13(6-4-12)16(17,18)19/h3-6,9,14-15H,7-8H2,1-2H3. The Kier molecular flexibility index (Phi) is 5.89. The molecule has 0 N–H and O–H groups in total. The molecule has 1 aliphatic heterocycles. The fraction of sp³-hybridized carbons (Fsp3) is 0.438. The Balaban J connectivity index is 2.05. The van der Waals surface area contributed by atoms with Gasteiger partial charge in [-0.25, -0.2) is 0 Å². The Labute approximate surface area is 136 Å². The van der Waals surface area contributed by atoms with Gasteiger partial charge in [0.15, 0.2) is 11.4 Å². The smallest absolute Gasteiger partial charge is 0.349 e. The van der Waals surface area contributed by atoms with Crippen LogP contribution in [0, 0.1) is 0 Å². The Morgan fingerprint density at radius 2 is 1.91 bits per heavy atom. The van der Waals surface area contributed by atoms with Crippen LogP contribution in [0.25, 0.3) is 6.08 Å². The summed E-state index contributed by atoms with van der Waals surface area (Å²) in [5.74, 6) is 0. The number of rotatable bonds is 3. The van der Waals surface area contributed by atoms with Crippen molar-refractivity contribution in [3.8, 4) is 0 Å². The summed E-state index contributed by atoms with van der Waals surface area (Å²) < 4.78 is 48.8. The second-order valence-electron chi connectivity index (χ2n) is 5.17. The molecular formula is C16H17F3O3S. The summed E-state index contributed by atoms with van der Waals surface area (Å²) in [7, 11) is 0. The second-order valence-corrected chi connectivity index (χ2v) is 6.51. The van der Waals surface area contributed by atoms with E-state index in [1.165, 1.54) is 19.1 Å². The van der Waals surface area contributed by atoms with Gasteiger partial charge in [0, 0.05) is 13.3 Å². The second kappa shape index (κ2) is 7.51. The summed E-state index contributed by atoms with van der Waals surface area (Å²) in [5, 5.41) is -0.0278. The molecule has 1 aliphatic rings. The molecule has 1 fully saturated rings. The molecule has 126 valence electrons.